The molecule has 1 aliphatic rings. The second kappa shape index (κ2) is 8.79. The molecule has 2 aromatic carbocycles. The minimum Gasteiger partial charge on any atom is -0.456 e. The normalized spacial score (nSPS) is 18.9. The predicted octanol–water partition coefficient (Wildman–Crippen LogP) is 4.72. The van der Waals surface area contributed by atoms with Crippen LogP contribution in [0.4, 0.5) is 10.5 Å². The largest absolute Gasteiger partial charge is 0.507 e. The van der Waals surface area contributed by atoms with Gasteiger partial charge in [0.05, 0.1) is 9.64 Å². The third-order valence-corrected chi connectivity index (χ3v) is 8.87. The van der Waals surface area contributed by atoms with E-state index in [0.29, 0.717) is 33.4 Å². The lowest BCUT2D eigenvalue weighted by molar-refractivity contribution is -0.118. The maximum absolute atomic E-state index is 13.6. The van der Waals surface area contributed by atoms with Gasteiger partial charge < -0.3 is 19.6 Å². The lowest BCUT2D eigenvalue weighted by atomic mass is 10.1. The van der Waals surface area contributed by atoms with Crippen molar-refractivity contribution < 1.29 is 32.3 Å². The second-order valence-corrected chi connectivity index (χ2v) is 12.6. The van der Waals surface area contributed by atoms with Gasteiger partial charge in [0.1, 0.15) is 11.2 Å². The molecule has 1 aromatic heterocycles. The number of furan rings is 1. The van der Waals surface area contributed by atoms with E-state index in [-0.39, 0.29) is 23.3 Å². The number of amides is 1. The molecule has 3 aromatic rings. The number of benzene rings is 2. The first-order chi connectivity index (χ1) is 15.9. The number of ether oxygens (including phenoxy) is 1. The number of nitrogens with one attached hydrogen (secondary N) is 1. The van der Waals surface area contributed by atoms with Crippen LogP contribution in [0.2, 0.25) is 0 Å². The first-order valence-electron chi connectivity index (χ1n) is 10.7. The van der Waals surface area contributed by atoms with Crippen LogP contribution >= 0.6 is 11.8 Å². The average molecular weight is 507 g/mol. The Labute approximate surface area is 201 Å². The molecule has 0 bridgehead atoms. The summed E-state index contributed by atoms with van der Waals surface area (Å²) in [6, 6.07) is 9.74. The topological polar surface area (TPSA) is 126 Å². The molecule has 2 N–H and O–H groups in total. The molecule has 182 valence electrons. The predicted molar refractivity (Wildman–Crippen MR) is 131 cm³/mol. The maximum Gasteiger partial charge on any atom is 0.507 e. The van der Waals surface area contributed by atoms with Crippen molar-refractivity contribution in [2.45, 2.75) is 43.6 Å². The van der Waals surface area contributed by atoms with Crippen molar-refractivity contribution >= 4 is 61.5 Å². The van der Waals surface area contributed by atoms with Gasteiger partial charge in [-0.3, -0.25) is 4.79 Å². The number of nitrogens with zero attached hydrogens (tertiary/aromatic N) is 1. The van der Waals surface area contributed by atoms with Gasteiger partial charge in [0.2, 0.25) is 15.9 Å². The van der Waals surface area contributed by atoms with Gasteiger partial charge in [0.15, 0.2) is 6.23 Å². The van der Waals surface area contributed by atoms with Crippen LogP contribution in [0.1, 0.15) is 27.7 Å². The number of carbonyl (C=O) groups excluding carboxylic acids is 1. The van der Waals surface area contributed by atoms with Crippen LogP contribution in [0.5, 0.6) is 0 Å². The molecule has 1 saturated heterocycles. The highest BCUT2D eigenvalue weighted by Gasteiger charge is 2.47. The Balaban J connectivity index is 1.74. The van der Waals surface area contributed by atoms with Gasteiger partial charge in [-0.2, -0.15) is 4.31 Å². The minimum atomic E-state index is -4.07. The molecule has 11 heteroatoms. The molecule has 1 atom stereocenters. The van der Waals surface area contributed by atoms with Gasteiger partial charge >= 0.3 is 6.16 Å². The van der Waals surface area contributed by atoms with Gasteiger partial charge in [-0.15, -0.1) is 11.8 Å². The second-order valence-electron chi connectivity index (χ2n) is 8.92. The summed E-state index contributed by atoms with van der Waals surface area (Å²) in [7, 11) is -4.07. The number of carboxylic acid groups (broad SMARTS) is 1. The third-order valence-electron chi connectivity index (χ3n) is 5.70. The summed E-state index contributed by atoms with van der Waals surface area (Å²) in [6.45, 7) is 7.23. The fourth-order valence-corrected chi connectivity index (χ4v) is 6.88. The van der Waals surface area contributed by atoms with Gasteiger partial charge in [0, 0.05) is 40.7 Å². The van der Waals surface area contributed by atoms with E-state index < -0.39 is 27.2 Å². The molecule has 1 fully saturated rings. The molecule has 1 amide bonds. The summed E-state index contributed by atoms with van der Waals surface area (Å²) in [5, 5.41) is 13.3. The van der Waals surface area contributed by atoms with Crippen LogP contribution in [0.3, 0.4) is 0 Å². The number of sulfonamides is 1. The van der Waals surface area contributed by atoms with Crippen molar-refractivity contribution in [3.8, 4) is 0 Å². The molecule has 9 nitrogen and oxygen atoms in total. The van der Waals surface area contributed by atoms with Gasteiger partial charge in [-0.1, -0.05) is 13.8 Å². The number of rotatable bonds is 5. The number of hydrogen-bond donors (Lipinski definition) is 2. The smallest absolute Gasteiger partial charge is 0.456 e. The monoisotopic (exact) mass is 506 g/mol. The number of thioether (sulfide) groups is 1. The zero-order valence-electron chi connectivity index (χ0n) is 19.2. The number of carbonyl (C=O) groups is 2. The molecule has 0 unspecified atom stereocenters. The van der Waals surface area contributed by atoms with Crippen LogP contribution in [-0.4, -0.2) is 53.2 Å². The van der Waals surface area contributed by atoms with Crippen LogP contribution in [0.15, 0.2) is 45.7 Å². The summed E-state index contributed by atoms with van der Waals surface area (Å²) in [4.78, 5) is 23.3. The van der Waals surface area contributed by atoms with E-state index in [1.165, 1.54) is 23.9 Å². The number of anilines is 1. The summed E-state index contributed by atoms with van der Waals surface area (Å²) in [6.07, 6.45) is -2.70. The van der Waals surface area contributed by atoms with E-state index in [0.717, 1.165) is 4.31 Å². The van der Waals surface area contributed by atoms with Crippen molar-refractivity contribution in [2.75, 3.05) is 17.6 Å². The van der Waals surface area contributed by atoms with Gasteiger partial charge in [-0.25, -0.2) is 13.2 Å². The molecule has 0 radical (unpaired) electrons. The summed E-state index contributed by atoms with van der Waals surface area (Å²) in [5.74, 6) is 0.212. The van der Waals surface area contributed by atoms with Crippen molar-refractivity contribution in [1.82, 2.24) is 4.31 Å². The Hall–Kier alpha value is -2.76. The highest BCUT2D eigenvalue weighted by atomic mass is 32.2. The highest BCUT2D eigenvalue weighted by molar-refractivity contribution is 8.00. The lowest BCUT2D eigenvalue weighted by Gasteiger charge is -2.43. The average Bonchev–Trinajstić information content (AvgIpc) is 3.11. The zero-order chi connectivity index (χ0) is 24.8. The fraction of sp³-hybridized carbons (Fsp3) is 0.391. The Morgan fingerprint density at radius 3 is 2.59 bits per heavy atom. The molecule has 2 heterocycles. The molecule has 0 spiro atoms. The third kappa shape index (κ3) is 4.47. The summed E-state index contributed by atoms with van der Waals surface area (Å²) < 4.78 is 38.4. The van der Waals surface area contributed by atoms with Crippen molar-refractivity contribution in [3.63, 3.8) is 0 Å². The Bertz CT molecular complexity index is 1380. The maximum atomic E-state index is 13.6. The zero-order valence-corrected chi connectivity index (χ0v) is 20.8. The first-order valence-corrected chi connectivity index (χ1v) is 13.2. The Morgan fingerprint density at radius 2 is 1.91 bits per heavy atom. The fourth-order valence-electron chi connectivity index (χ4n) is 3.89. The molecule has 4 rings (SSSR count). The lowest BCUT2D eigenvalue weighted by Crippen LogP contribution is -2.56. The van der Waals surface area contributed by atoms with E-state index in [1.807, 2.05) is 0 Å². The summed E-state index contributed by atoms with van der Waals surface area (Å²) in [5.41, 5.74) is 1.59. The summed E-state index contributed by atoms with van der Waals surface area (Å²) >= 11 is 1.46. The Morgan fingerprint density at radius 1 is 1.18 bits per heavy atom. The molecular weight excluding hydrogens is 480 g/mol. The highest BCUT2D eigenvalue weighted by Crippen LogP contribution is 2.40. The van der Waals surface area contributed by atoms with E-state index in [4.69, 9.17) is 9.15 Å². The van der Waals surface area contributed by atoms with Crippen LogP contribution < -0.4 is 5.32 Å². The van der Waals surface area contributed by atoms with Crippen molar-refractivity contribution in [1.29, 1.82) is 0 Å². The van der Waals surface area contributed by atoms with Gasteiger partial charge in [-0.05, 0) is 44.2 Å². The van der Waals surface area contributed by atoms with E-state index in [2.05, 4.69) is 5.32 Å². The molecular formula is C23H26N2O7S2. The molecule has 0 saturated carbocycles. The van der Waals surface area contributed by atoms with E-state index in [9.17, 15) is 23.1 Å². The quantitative estimate of drug-likeness (QED) is 0.476. The van der Waals surface area contributed by atoms with E-state index >= 15 is 0 Å². The van der Waals surface area contributed by atoms with Crippen LogP contribution in [-0.2, 0) is 19.6 Å². The van der Waals surface area contributed by atoms with Crippen LogP contribution in [0, 0.1) is 5.92 Å². The minimum absolute atomic E-state index is 0.0153. The van der Waals surface area contributed by atoms with Crippen molar-refractivity contribution in [2.24, 2.45) is 5.92 Å². The first kappa shape index (κ1) is 24.4. The van der Waals surface area contributed by atoms with E-state index in [1.54, 1.807) is 52.0 Å². The molecule has 0 aliphatic carbocycles. The standard InChI is InChI=1S/C23H26N2O7S2/c1-13(2)20(26)24-14-5-7-16-17-12-15(6-8-18(17)31-19(16)11-14)34(29,30)25-9-10-33-23(3,4)21(25)32-22(27)28/h5-8,11-13,21H,9-10H2,1-4H3,(H,24,26)(H,27,28)/t21-/m0/s1. The molecule has 34 heavy (non-hydrogen) atoms. The van der Waals surface area contributed by atoms with Crippen molar-refractivity contribution in [3.05, 3.63) is 36.4 Å². The SMILES string of the molecule is CC(C)C(=O)Nc1ccc2c(c1)oc1ccc(S(=O)(=O)N3CCSC(C)(C)[C@@H]3OC(=O)O)cc12. The van der Waals surface area contributed by atoms with Crippen LogP contribution in [0.25, 0.3) is 21.9 Å². The Kier molecular flexibility index (Phi) is 6.30. The van der Waals surface area contributed by atoms with Gasteiger partial charge in [0.25, 0.3) is 0 Å². The number of hydrogen-bond acceptors (Lipinski definition) is 7. The number of fused-ring (bicyclic) bond motifs is 3. The molecule has 1 aliphatic heterocycles.